The van der Waals surface area contributed by atoms with Crippen LogP contribution in [0.25, 0.3) is 0 Å². The Labute approximate surface area is 58.0 Å². The predicted molar refractivity (Wildman–Crippen MR) is 40.5 cm³/mol. The standard InChI is InChI=1S/C8H17N/c1-4-9-7(2)5-6-8(9)3/h7-8H,4-6H2,1-3H3/t7-,8+. The summed E-state index contributed by atoms with van der Waals surface area (Å²) in [6.45, 7) is 8.13. The molecule has 0 aliphatic carbocycles. The van der Waals surface area contributed by atoms with Crippen molar-refractivity contribution in [2.75, 3.05) is 6.54 Å². The van der Waals surface area contributed by atoms with Gasteiger partial charge < -0.3 is 0 Å². The highest BCUT2D eigenvalue weighted by Gasteiger charge is 2.24. The lowest BCUT2D eigenvalue weighted by Crippen LogP contribution is -2.32. The van der Waals surface area contributed by atoms with Crippen LogP contribution in [0.3, 0.4) is 0 Å². The Balaban J connectivity index is 2.44. The zero-order chi connectivity index (χ0) is 6.85. The van der Waals surface area contributed by atoms with Gasteiger partial charge in [-0.1, -0.05) is 6.92 Å². The van der Waals surface area contributed by atoms with Gasteiger partial charge in [-0.2, -0.15) is 0 Å². The molecule has 0 bridgehead atoms. The summed E-state index contributed by atoms with van der Waals surface area (Å²) >= 11 is 0. The highest BCUT2D eigenvalue weighted by atomic mass is 15.2. The average Bonchev–Trinajstić information content (AvgIpc) is 2.12. The summed E-state index contributed by atoms with van der Waals surface area (Å²) in [4.78, 5) is 2.57. The van der Waals surface area contributed by atoms with Crippen molar-refractivity contribution in [1.82, 2.24) is 4.90 Å². The molecule has 54 valence electrons. The second kappa shape index (κ2) is 2.70. The molecular formula is C8H17N. The van der Waals surface area contributed by atoms with Crippen molar-refractivity contribution in [3.05, 3.63) is 0 Å². The summed E-state index contributed by atoms with van der Waals surface area (Å²) in [5, 5.41) is 0. The molecule has 0 saturated carbocycles. The molecule has 1 aliphatic heterocycles. The minimum atomic E-state index is 0.838. The van der Waals surface area contributed by atoms with Crippen molar-refractivity contribution < 1.29 is 0 Å². The maximum atomic E-state index is 2.57. The Kier molecular flexibility index (Phi) is 2.12. The lowest BCUT2D eigenvalue weighted by atomic mass is 10.2. The second-order valence-electron chi connectivity index (χ2n) is 3.11. The highest BCUT2D eigenvalue weighted by Crippen LogP contribution is 2.22. The first kappa shape index (κ1) is 7.07. The molecule has 1 fully saturated rings. The van der Waals surface area contributed by atoms with Gasteiger partial charge in [-0.05, 0) is 33.2 Å². The molecule has 1 rings (SSSR count). The maximum Gasteiger partial charge on any atom is 0.00702 e. The van der Waals surface area contributed by atoms with Crippen molar-refractivity contribution in [3.63, 3.8) is 0 Å². The quantitative estimate of drug-likeness (QED) is 0.520. The van der Waals surface area contributed by atoms with E-state index < -0.39 is 0 Å². The molecule has 1 heteroatoms. The van der Waals surface area contributed by atoms with Gasteiger partial charge >= 0.3 is 0 Å². The largest absolute Gasteiger partial charge is 0.298 e. The number of hydrogen-bond acceptors (Lipinski definition) is 1. The molecule has 1 saturated heterocycles. The zero-order valence-electron chi connectivity index (χ0n) is 6.72. The van der Waals surface area contributed by atoms with Crippen LogP contribution in [0.4, 0.5) is 0 Å². The minimum absolute atomic E-state index is 0.838. The number of hydrogen-bond donors (Lipinski definition) is 0. The molecule has 0 amide bonds. The van der Waals surface area contributed by atoms with Gasteiger partial charge in [0, 0.05) is 12.1 Å². The topological polar surface area (TPSA) is 3.24 Å². The summed E-state index contributed by atoms with van der Waals surface area (Å²) in [6.07, 6.45) is 2.80. The fourth-order valence-corrected chi connectivity index (χ4v) is 1.87. The average molecular weight is 127 g/mol. The molecule has 0 aromatic carbocycles. The van der Waals surface area contributed by atoms with E-state index in [0.29, 0.717) is 0 Å². The molecule has 0 N–H and O–H groups in total. The van der Waals surface area contributed by atoms with Gasteiger partial charge in [0.05, 0.1) is 0 Å². The Morgan fingerprint density at radius 2 is 1.67 bits per heavy atom. The molecular weight excluding hydrogens is 110 g/mol. The summed E-state index contributed by atoms with van der Waals surface area (Å²) in [5.41, 5.74) is 0. The van der Waals surface area contributed by atoms with E-state index in [9.17, 15) is 0 Å². The Bertz CT molecular complexity index is 80.6. The van der Waals surface area contributed by atoms with E-state index >= 15 is 0 Å². The van der Waals surface area contributed by atoms with Gasteiger partial charge in [0.25, 0.3) is 0 Å². The highest BCUT2D eigenvalue weighted by molar-refractivity contribution is 4.80. The van der Waals surface area contributed by atoms with Crippen LogP contribution >= 0.6 is 0 Å². The van der Waals surface area contributed by atoms with Crippen molar-refractivity contribution >= 4 is 0 Å². The molecule has 1 aliphatic rings. The van der Waals surface area contributed by atoms with Gasteiger partial charge in [-0.25, -0.2) is 0 Å². The van der Waals surface area contributed by atoms with E-state index in [2.05, 4.69) is 25.7 Å². The van der Waals surface area contributed by atoms with E-state index in [1.807, 2.05) is 0 Å². The van der Waals surface area contributed by atoms with Crippen LogP contribution in [-0.2, 0) is 0 Å². The van der Waals surface area contributed by atoms with Gasteiger partial charge in [0.15, 0.2) is 0 Å². The fraction of sp³-hybridized carbons (Fsp3) is 1.00. The first-order valence-electron chi connectivity index (χ1n) is 4.01. The van der Waals surface area contributed by atoms with Gasteiger partial charge in [-0.15, -0.1) is 0 Å². The minimum Gasteiger partial charge on any atom is -0.298 e. The van der Waals surface area contributed by atoms with E-state index in [-0.39, 0.29) is 0 Å². The van der Waals surface area contributed by atoms with Crippen LogP contribution in [0.2, 0.25) is 0 Å². The SMILES string of the molecule is CCN1[C@H](C)CC[C@@H]1C. The number of nitrogens with zero attached hydrogens (tertiary/aromatic N) is 1. The normalized spacial score (nSPS) is 37.7. The van der Waals surface area contributed by atoms with E-state index in [1.165, 1.54) is 19.4 Å². The summed E-state index contributed by atoms with van der Waals surface area (Å²) < 4.78 is 0. The van der Waals surface area contributed by atoms with E-state index in [0.717, 1.165) is 12.1 Å². The maximum absolute atomic E-state index is 2.57. The van der Waals surface area contributed by atoms with Crippen molar-refractivity contribution in [3.8, 4) is 0 Å². The summed E-state index contributed by atoms with van der Waals surface area (Å²) in [7, 11) is 0. The van der Waals surface area contributed by atoms with Gasteiger partial charge in [-0.3, -0.25) is 4.90 Å². The second-order valence-corrected chi connectivity index (χ2v) is 3.11. The number of rotatable bonds is 1. The van der Waals surface area contributed by atoms with Gasteiger partial charge in [0.1, 0.15) is 0 Å². The molecule has 0 unspecified atom stereocenters. The molecule has 0 radical (unpaired) electrons. The van der Waals surface area contributed by atoms with Crippen LogP contribution in [0.1, 0.15) is 33.6 Å². The van der Waals surface area contributed by atoms with Crippen molar-refractivity contribution in [2.24, 2.45) is 0 Å². The fourth-order valence-electron chi connectivity index (χ4n) is 1.87. The van der Waals surface area contributed by atoms with Crippen molar-refractivity contribution in [1.29, 1.82) is 0 Å². The Morgan fingerprint density at radius 3 is 1.89 bits per heavy atom. The zero-order valence-corrected chi connectivity index (χ0v) is 6.72. The summed E-state index contributed by atoms with van der Waals surface area (Å²) in [5.74, 6) is 0. The smallest absolute Gasteiger partial charge is 0.00702 e. The third-order valence-corrected chi connectivity index (χ3v) is 2.50. The lowest BCUT2D eigenvalue weighted by Gasteiger charge is -2.23. The predicted octanol–water partition coefficient (Wildman–Crippen LogP) is 1.88. The molecule has 1 heterocycles. The molecule has 0 spiro atoms. The monoisotopic (exact) mass is 127 g/mol. The van der Waals surface area contributed by atoms with Crippen LogP contribution in [0.15, 0.2) is 0 Å². The van der Waals surface area contributed by atoms with Crippen LogP contribution in [0.5, 0.6) is 0 Å². The van der Waals surface area contributed by atoms with Crippen molar-refractivity contribution in [2.45, 2.75) is 45.7 Å². The van der Waals surface area contributed by atoms with Crippen LogP contribution in [-0.4, -0.2) is 23.5 Å². The summed E-state index contributed by atoms with van der Waals surface area (Å²) in [6, 6.07) is 1.68. The third kappa shape index (κ3) is 1.26. The Hall–Kier alpha value is -0.0400. The van der Waals surface area contributed by atoms with E-state index in [4.69, 9.17) is 0 Å². The molecule has 0 aromatic heterocycles. The molecule has 1 nitrogen and oxygen atoms in total. The number of likely N-dealkylation sites (tertiary alicyclic amines) is 1. The molecule has 2 atom stereocenters. The lowest BCUT2D eigenvalue weighted by molar-refractivity contribution is 0.226. The van der Waals surface area contributed by atoms with Crippen LogP contribution < -0.4 is 0 Å². The first-order chi connectivity index (χ1) is 4.25. The van der Waals surface area contributed by atoms with Crippen LogP contribution in [0, 0.1) is 0 Å². The third-order valence-electron chi connectivity index (χ3n) is 2.50. The first-order valence-corrected chi connectivity index (χ1v) is 4.01. The van der Waals surface area contributed by atoms with E-state index in [1.54, 1.807) is 0 Å². The molecule has 0 aromatic rings. The molecule has 9 heavy (non-hydrogen) atoms. The van der Waals surface area contributed by atoms with Gasteiger partial charge in [0.2, 0.25) is 0 Å². The Morgan fingerprint density at radius 1 is 1.22 bits per heavy atom.